The quantitative estimate of drug-likeness (QED) is 0.702. The van der Waals surface area contributed by atoms with Gasteiger partial charge in [0.2, 0.25) is 0 Å². The van der Waals surface area contributed by atoms with E-state index in [-0.39, 0.29) is 5.69 Å². The smallest absolute Gasteiger partial charge is 0.323 e. The number of hydrogen-bond acceptors (Lipinski definition) is 3. The van der Waals surface area contributed by atoms with Crippen molar-refractivity contribution in [1.29, 1.82) is 0 Å². The lowest BCUT2D eigenvalue weighted by Gasteiger charge is -2.06. The van der Waals surface area contributed by atoms with Crippen molar-refractivity contribution < 1.29 is 4.74 Å². The average molecular weight is 230 g/mol. The molecule has 15 heavy (non-hydrogen) atoms. The SMILES string of the molecule is CC(C)OCCCSCc1c[nH]c(=O)[nH]1. The predicted octanol–water partition coefficient (Wildman–Crippen LogP) is 1.75. The van der Waals surface area contributed by atoms with Crippen molar-refractivity contribution >= 4 is 11.8 Å². The standard InChI is InChI=1S/C10H18N2O2S/c1-8(2)14-4-3-5-15-7-9-6-11-10(13)12-9/h6,8H,3-5,7H2,1-2H3,(H2,11,12,13). The molecule has 4 nitrogen and oxygen atoms in total. The maximum atomic E-state index is 10.8. The van der Waals surface area contributed by atoms with Crippen LogP contribution in [0.15, 0.2) is 11.0 Å². The van der Waals surface area contributed by atoms with Gasteiger partial charge < -0.3 is 14.7 Å². The van der Waals surface area contributed by atoms with Gasteiger partial charge in [0.25, 0.3) is 0 Å². The van der Waals surface area contributed by atoms with Gasteiger partial charge in [-0.1, -0.05) is 0 Å². The third-order valence-corrected chi connectivity index (χ3v) is 2.89. The number of thioether (sulfide) groups is 1. The number of hydrogen-bond donors (Lipinski definition) is 2. The van der Waals surface area contributed by atoms with E-state index in [1.54, 1.807) is 18.0 Å². The van der Waals surface area contributed by atoms with Gasteiger partial charge in [-0.3, -0.25) is 0 Å². The van der Waals surface area contributed by atoms with Gasteiger partial charge in [-0.15, -0.1) is 0 Å². The minimum absolute atomic E-state index is 0.131. The lowest BCUT2D eigenvalue weighted by Crippen LogP contribution is -2.04. The largest absolute Gasteiger partial charge is 0.379 e. The first-order chi connectivity index (χ1) is 7.18. The number of nitrogens with one attached hydrogen (secondary N) is 2. The highest BCUT2D eigenvalue weighted by Gasteiger charge is 1.97. The minimum atomic E-state index is -0.131. The Morgan fingerprint density at radius 2 is 2.33 bits per heavy atom. The van der Waals surface area contributed by atoms with Crippen LogP contribution >= 0.6 is 11.8 Å². The highest BCUT2D eigenvalue weighted by Crippen LogP contribution is 2.09. The lowest BCUT2D eigenvalue weighted by molar-refractivity contribution is 0.0800. The molecule has 0 spiro atoms. The van der Waals surface area contributed by atoms with E-state index in [9.17, 15) is 4.79 Å². The zero-order valence-corrected chi connectivity index (χ0v) is 10.0. The van der Waals surface area contributed by atoms with Gasteiger partial charge in [0.05, 0.1) is 6.10 Å². The van der Waals surface area contributed by atoms with Crippen molar-refractivity contribution in [3.05, 3.63) is 22.4 Å². The summed E-state index contributed by atoms with van der Waals surface area (Å²) >= 11 is 1.80. The summed E-state index contributed by atoms with van der Waals surface area (Å²) in [6, 6.07) is 0. The molecule has 0 saturated carbocycles. The van der Waals surface area contributed by atoms with Gasteiger partial charge in [0, 0.05) is 24.3 Å². The van der Waals surface area contributed by atoms with Crippen LogP contribution in [0.3, 0.4) is 0 Å². The molecule has 0 amide bonds. The zero-order valence-electron chi connectivity index (χ0n) is 9.21. The van der Waals surface area contributed by atoms with E-state index in [1.807, 2.05) is 13.8 Å². The van der Waals surface area contributed by atoms with E-state index in [1.165, 1.54) is 0 Å². The third kappa shape index (κ3) is 5.69. The predicted molar refractivity (Wildman–Crippen MR) is 63.3 cm³/mol. The molecule has 0 aliphatic rings. The summed E-state index contributed by atoms with van der Waals surface area (Å²) in [5.74, 6) is 1.90. The molecule has 0 atom stereocenters. The van der Waals surface area contributed by atoms with Gasteiger partial charge in [0.1, 0.15) is 0 Å². The molecule has 86 valence electrons. The highest BCUT2D eigenvalue weighted by atomic mass is 32.2. The molecule has 0 aliphatic carbocycles. The van der Waals surface area contributed by atoms with Crippen molar-refractivity contribution in [2.75, 3.05) is 12.4 Å². The molecule has 1 rings (SSSR count). The summed E-state index contributed by atoms with van der Waals surface area (Å²) in [5.41, 5.74) is 0.823. The molecule has 1 aromatic rings. The van der Waals surface area contributed by atoms with Crippen LogP contribution < -0.4 is 5.69 Å². The van der Waals surface area contributed by atoms with Gasteiger partial charge in [-0.25, -0.2) is 4.79 Å². The molecule has 1 aromatic heterocycles. The molecular formula is C10H18N2O2S. The molecule has 0 radical (unpaired) electrons. The Morgan fingerprint density at radius 3 is 2.93 bits per heavy atom. The van der Waals surface area contributed by atoms with E-state index in [4.69, 9.17) is 4.74 Å². The summed E-state index contributed by atoms with van der Waals surface area (Å²) in [5, 5.41) is 0. The Bertz CT molecular complexity index is 319. The topological polar surface area (TPSA) is 57.9 Å². The van der Waals surface area contributed by atoms with E-state index < -0.39 is 0 Å². The van der Waals surface area contributed by atoms with Crippen molar-refractivity contribution in [1.82, 2.24) is 9.97 Å². The maximum absolute atomic E-state index is 10.8. The average Bonchev–Trinajstić information content (AvgIpc) is 2.57. The van der Waals surface area contributed by atoms with Crippen LogP contribution in [-0.4, -0.2) is 28.4 Å². The summed E-state index contributed by atoms with van der Waals surface area (Å²) in [7, 11) is 0. The molecule has 0 unspecified atom stereocenters. The Kier molecular flexibility index (Phi) is 5.57. The number of aromatic amines is 2. The van der Waals surface area contributed by atoms with E-state index in [0.717, 1.165) is 30.2 Å². The molecule has 0 saturated heterocycles. The Morgan fingerprint density at radius 1 is 1.53 bits per heavy atom. The van der Waals surface area contributed by atoms with E-state index >= 15 is 0 Å². The van der Waals surface area contributed by atoms with Gasteiger partial charge >= 0.3 is 5.69 Å². The molecule has 0 aliphatic heterocycles. The normalized spacial score (nSPS) is 11.1. The van der Waals surface area contributed by atoms with Crippen LogP contribution in [0.4, 0.5) is 0 Å². The van der Waals surface area contributed by atoms with Crippen molar-refractivity contribution in [3.63, 3.8) is 0 Å². The van der Waals surface area contributed by atoms with Crippen LogP contribution in [0.5, 0.6) is 0 Å². The second-order valence-electron chi connectivity index (χ2n) is 3.59. The summed E-state index contributed by atoms with van der Waals surface area (Å²) in [6.07, 6.45) is 3.09. The first kappa shape index (κ1) is 12.4. The molecule has 0 aromatic carbocycles. The second kappa shape index (κ2) is 6.74. The lowest BCUT2D eigenvalue weighted by atomic mass is 10.4. The van der Waals surface area contributed by atoms with E-state index in [0.29, 0.717) is 6.10 Å². The summed E-state index contributed by atoms with van der Waals surface area (Å²) < 4.78 is 5.42. The number of aromatic nitrogens is 2. The Hall–Kier alpha value is -0.680. The first-order valence-corrected chi connectivity index (χ1v) is 6.30. The summed E-state index contributed by atoms with van der Waals surface area (Å²) in [4.78, 5) is 16.1. The third-order valence-electron chi connectivity index (χ3n) is 1.79. The van der Waals surface area contributed by atoms with Gasteiger partial charge in [-0.05, 0) is 26.0 Å². The van der Waals surface area contributed by atoms with Crippen LogP contribution in [0, 0.1) is 0 Å². The summed E-state index contributed by atoms with van der Waals surface area (Å²) in [6.45, 7) is 4.89. The maximum Gasteiger partial charge on any atom is 0.323 e. The Balaban J connectivity index is 2.00. The number of imidazole rings is 1. The molecule has 2 N–H and O–H groups in total. The van der Waals surface area contributed by atoms with Crippen molar-refractivity contribution in [2.45, 2.75) is 32.1 Å². The second-order valence-corrected chi connectivity index (χ2v) is 4.70. The van der Waals surface area contributed by atoms with Crippen LogP contribution in [-0.2, 0) is 10.5 Å². The van der Waals surface area contributed by atoms with Crippen molar-refractivity contribution in [3.8, 4) is 0 Å². The molecule has 5 heteroatoms. The van der Waals surface area contributed by atoms with Gasteiger partial charge in [-0.2, -0.15) is 11.8 Å². The molecule has 0 bridgehead atoms. The Labute approximate surface area is 93.8 Å². The van der Waals surface area contributed by atoms with Crippen LogP contribution in [0.2, 0.25) is 0 Å². The molecular weight excluding hydrogens is 212 g/mol. The van der Waals surface area contributed by atoms with Crippen LogP contribution in [0.1, 0.15) is 26.0 Å². The first-order valence-electron chi connectivity index (χ1n) is 5.14. The monoisotopic (exact) mass is 230 g/mol. The highest BCUT2D eigenvalue weighted by molar-refractivity contribution is 7.98. The fourth-order valence-corrected chi connectivity index (χ4v) is 1.95. The fourth-order valence-electron chi connectivity index (χ4n) is 1.11. The zero-order chi connectivity index (χ0) is 11.1. The number of H-pyrrole nitrogens is 2. The fraction of sp³-hybridized carbons (Fsp3) is 0.700. The van der Waals surface area contributed by atoms with Crippen molar-refractivity contribution in [2.24, 2.45) is 0 Å². The molecule has 0 fully saturated rings. The number of rotatable bonds is 7. The number of ether oxygens (including phenoxy) is 1. The molecule has 1 heterocycles. The van der Waals surface area contributed by atoms with Crippen LogP contribution in [0.25, 0.3) is 0 Å². The minimum Gasteiger partial charge on any atom is -0.379 e. The van der Waals surface area contributed by atoms with Gasteiger partial charge in [0.15, 0.2) is 0 Å². The van der Waals surface area contributed by atoms with E-state index in [2.05, 4.69) is 9.97 Å².